The molecule has 10 nitrogen and oxygen atoms in total. The molecule has 2 N–H and O–H groups in total. The lowest BCUT2D eigenvalue weighted by atomic mass is 10.2. The second-order valence-electron chi connectivity index (χ2n) is 7.61. The smallest absolute Gasteiger partial charge is 0.295 e. The summed E-state index contributed by atoms with van der Waals surface area (Å²) >= 11 is 5.89. The molecule has 1 aliphatic heterocycles. The van der Waals surface area contributed by atoms with Crippen LogP contribution in [-0.2, 0) is 14.8 Å². The fourth-order valence-electron chi connectivity index (χ4n) is 3.46. The third-order valence-electron chi connectivity index (χ3n) is 5.22. The Hall–Kier alpha value is -3.67. The number of rotatable bonds is 8. The maximum atomic E-state index is 12.7. The molecule has 1 fully saturated rings. The summed E-state index contributed by atoms with van der Waals surface area (Å²) < 4.78 is 33.1. The van der Waals surface area contributed by atoms with E-state index in [-0.39, 0.29) is 16.3 Å². The Kier molecular flexibility index (Phi) is 7.49. The van der Waals surface area contributed by atoms with Crippen LogP contribution in [0.5, 0.6) is 0 Å². The largest absolute Gasteiger partial charge is 0.378 e. The van der Waals surface area contributed by atoms with E-state index in [0.29, 0.717) is 18.2 Å². The van der Waals surface area contributed by atoms with Gasteiger partial charge in [0.05, 0.1) is 34.9 Å². The number of sulfonamides is 1. The van der Waals surface area contributed by atoms with Gasteiger partial charge in [0.1, 0.15) is 5.69 Å². The molecular formula is C23H22ClN5O5S. The van der Waals surface area contributed by atoms with Crippen LogP contribution in [-0.4, -0.2) is 45.9 Å². The molecule has 1 heterocycles. The molecule has 0 unspecified atom stereocenters. The quantitative estimate of drug-likeness (QED) is 0.260. The summed E-state index contributed by atoms with van der Waals surface area (Å²) in [5.74, 6) is 0. The highest BCUT2D eigenvalue weighted by molar-refractivity contribution is 7.92. The van der Waals surface area contributed by atoms with Gasteiger partial charge in [-0.3, -0.25) is 20.3 Å². The Morgan fingerprint density at radius 1 is 1.06 bits per heavy atom. The molecule has 35 heavy (non-hydrogen) atoms. The average molecular weight is 516 g/mol. The predicted molar refractivity (Wildman–Crippen MR) is 136 cm³/mol. The highest BCUT2D eigenvalue weighted by Gasteiger charge is 2.21. The van der Waals surface area contributed by atoms with Crippen molar-refractivity contribution in [2.75, 3.05) is 41.4 Å². The third-order valence-corrected chi connectivity index (χ3v) is 6.84. The zero-order valence-electron chi connectivity index (χ0n) is 18.4. The van der Waals surface area contributed by atoms with Crippen molar-refractivity contribution in [1.29, 1.82) is 0 Å². The Labute approximate surface area is 207 Å². The van der Waals surface area contributed by atoms with E-state index in [0.717, 1.165) is 30.4 Å². The molecule has 0 spiro atoms. The number of benzene rings is 3. The molecule has 1 saturated heterocycles. The standard InChI is InChI=1S/C23H22ClN5O5S/c24-18-2-1-3-19(14-18)27-35(32,33)21-8-9-22(23(15-21)29(30)31)26-25-16-17-4-6-20(7-5-17)28-10-12-34-13-11-28/h1-9,14-16,26-27H,10-13H2/b25-16-. The monoisotopic (exact) mass is 515 g/mol. The minimum atomic E-state index is -4.07. The molecule has 0 aromatic heterocycles. The second-order valence-corrected chi connectivity index (χ2v) is 9.73. The average Bonchev–Trinajstić information content (AvgIpc) is 2.85. The number of halogens is 1. The van der Waals surface area contributed by atoms with Crippen molar-refractivity contribution in [2.45, 2.75) is 4.90 Å². The van der Waals surface area contributed by atoms with Crippen molar-refractivity contribution in [3.63, 3.8) is 0 Å². The van der Waals surface area contributed by atoms with Crippen molar-refractivity contribution in [3.05, 3.63) is 87.4 Å². The Bertz CT molecular complexity index is 1340. The van der Waals surface area contributed by atoms with E-state index in [1.165, 1.54) is 30.5 Å². The van der Waals surface area contributed by atoms with Crippen LogP contribution in [0.3, 0.4) is 0 Å². The molecular weight excluding hydrogens is 494 g/mol. The maximum Gasteiger partial charge on any atom is 0.295 e. The SMILES string of the molecule is O=[N+]([O-])c1cc(S(=O)(=O)Nc2cccc(Cl)c2)ccc1N/N=C\c1ccc(N2CCOCC2)cc1. The molecule has 0 atom stereocenters. The number of hydrogen-bond acceptors (Lipinski definition) is 8. The van der Waals surface area contributed by atoms with E-state index >= 15 is 0 Å². The molecule has 3 aromatic carbocycles. The van der Waals surface area contributed by atoms with Gasteiger partial charge in [-0.1, -0.05) is 29.8 Å². The van der Waals surface area contributed by atoms with E-state index in [1.54, 1.807) is 12.1 Å². The molecule has 0 amide bonds. The number of anilines is 3. The minimum absolute atomic E-state index is 0.0536. The lowest BCUT2D eigenvalue weighted by Crippen LogP contribution is -2.36. The van der Waals surface area contributed by atoms with Crippen LogP contribution in [0, 0.1) is 10.1 Å². The van der Waals surface area contributed by atoms with E-state index in [4.69, 9.17) is 16.3 Å². The zero-order chi connectivity index (χ0) is 24.8. The summed E-state index contributed by atoms with van der Waals surface area (Å²) in [6.07, 6.45) is 1.53. The first-order valence-corrected chi connectivity index (χ1v) is 12.5. The number of nitro groups is 1. The second kappa shape index (κ2) is 10.7. The van der Waals surface area contributed by atoms with Crippen LogP contribution in [0.25, 0.3) is 0 Å². The van der Waals surface area contributed by atoms with E-state index in [2.05, 4.69) is 20.1 Å². The van der Waals surface area contributed by atoms with Gasteiger partial charge >= 0.3 is 0 Å². The zero-order valence-corrected chi connectivity index (χ0v) is 20.0. The lowest BCUT2D eigenvalue weighted by molar-refractivity contribution is -0.384. The lowest BCUT2D eigenvalue weighted by Gasteiger charge is -2.28. The maximum absolute atomic E-state index is 12.7. The van der Waals surface area contributed by atoms with Gasteiger partial charge in [-0.05, 0) is 48.0 Å². The van der Waals surface area contributed by atoms with Crippen LogP contribution in [0.1, 0.15) is 5.56 Å². The first-order chi connectivity index (χ1) is 16.8. The van der Waals surface area contributed by atoms with Gasteiger partial charge in [0.2, 0.25) is 0 Å². The van der Waals surface area contributed by atoms with Crippen molar-refractivity contribution >= 4 is 50.6 Å². The van der Waals surface area contributed by atoms with Crippen LogP contribution < -0.4 is 15.0 Å². The number of ether oxygens (including phenoxy) is 1. The molecule has 0 bridgehead atoms. The number of nitrogens with zero attached hydrogens (tertiary/aromatic N) is 3. The highest BCUT2D eigenvalue weighted by atomic mass is 35.5. The van der Waals surface area contributed by atoms with Gasteiger partial charge in [0.25, 0.3) is 15.7 Å². The first-order valence-electron chi connectivity index (χ1n) is 10.6. The third kappa shape index (κ3) is 6.27. The molecule has 1 aliphatic rings. The van der Waals surface area contributed by atoms with Gasteiger partial charge in [-0.15, -0.1) is 0 Å². The molecule has 3 aromatic rings. The molecule has 4 rings (SSSR count). The van der Waals surface area contributed by atoms with Crippen LogP contribution >= 0.6 is 11.6 Å². The number of hydrazone groups is 1. The van der Waals surface area contributed by atoms with E-state index in [1.807, 2.05) is 24.3 Å². The van der Waals surface area contributed by atoms with Crippen molar-refractivity contribution in [1.82, 2.24) is 0 Å². The normalized spacial score (nSPS) is 14.1. The number of nitrogens with one attached hydrogen (secondary N) is 2. The molecule has 12 heteroatoms. The van der Waals surface area contributed by atoms with E-state index < -0.39 is 20.6 Å². The van der Waals surface area contributed by atoms with Crippen LogP contribution in [0.4, 0.5) is 22.7 Å². The van der Waals surface area contributed by atoms with Crippen LogP contribution in [0.15, 0.2) is 76.7 Å². The summed E-state index contributed by atoms with van der Waals surface area (Å²) in [7, 11) is -4.07. The Morgan fingerprint density at radius 3 is 2.49 bits per heavy atom. The highest BCUT2D eigenvalue weighted by Crippen LogP contribution is 2.29. The molecule has 0 saturated carbocycles. The van der Waals surface area contributed by atoms with Gasteiger partial charge in [0, 0.05) is 29.9 Å². The molecule has 0 aliphatic carbocycles. The van der Waals surface area contributed by atoms with Crippen LogP contribution in [0.2, 0.25) is 5.02 Å². The minimum Gasteiger partial charge on any atom is -0.378 e. The van der Waals surface area contributed by atoms with Crippen molar-refractivity contribution < 1.29 is 18.1 Å². The molecule has 0 radical (unpaired) electrons. The van der Waals surface area contributed by atoms with E-state index in [9.17, 15) is 18.5 Å². The number of nitro benzene ring substituents is 1. The van der Waals surface area contributed by atoms with Gasteiger partial charge < -0.3 is 9.64 Å². The van der Waals surface area contributed by atoms with Gasteiger partial charge in [-0.2, -0.15) is 5.10 Å². The summed E-state index contributed by atoms with van der Waals surface area (Å²) in [6, 6.07) is 17.4. The number of morpholine rings is 1. The summed E-state index contributed by atoms with van der Waals surface area (Å²) in [5.41, 5.74) is 4.36. The van der Waals surface area contributed by atoms with Gasteiger partial charge in [-0.25, -0.2) is 8.42 Å². The summed E-state index contributed by atoms with van der Waals surface area (Å²) in [6.45, 7) is 3.06. The Balaban J connectivity index is 1.47. The fraction of sp³-hybridized carbons (Fsp3) is 0.174. The fourth-order valence-corrected chi connectivity index (χ4v) is 4.72. The Morgan fingerprint density at radius 2 is 1.80 bits per heavy atom. The number of hydrogen-bond donors (Lipinski definition) is 2. The van der Waals surface area contributed by atoms with Gasteiger partial charge in [0.15, 0.2) is 0 Å². The predicted octanol–water partition coefficient (Wildman–Crippen LogP) is 4.33. The van der Waals surface area contributed by atoms with Crippen molar-refractivity contribution in [2.24, 2.45) is 5.10 Å². The summed E-state index contributed by atoms with van der Waals surface area (Å²) in [4.78, 5) is 12.9. The summed E-state index contributed by atoms with van der Waals surface area (Å²) in [5, 5.41) is 16.0. The molecule has 182 valence electrons. The first kappa shape index (κ1) is 24.5. The topological polar surface area (TPSA) is 126 Å². The van der Waals surface area contributed by atoms with Crippen molar-refractivity contribution in [3.8, 4) is 0 Å².